The number of hydrogen-bond donors (Lipinski definition) is 1. The van der Waals surface area contributed by atoms with Gasteiger partial charge in [0.2, 0.25) is 12.5 Å². The molecule has 0 saturated carbocycles. The molecule has 6 rings (SSSR count). The summed E-state index contributed by atoms with van der Waals surface area (Å²) >= 11 is 0. The molecule has 7 heteroatoms. The van der Waals surface area contributed by atoms with Crippen molar-refractivity contribution < 1.29 is 19.1 Å². The lowest BCUT2D eigenvalue weighted by Gasteiger charge is -2.45. The molecular formula is C24H19N3O4. The molecule has 2 amide bonds. The highest BCUT2D eigenvalue weighted by atomic mass is 16.7. The molecule has 1 atom stereocenters. The summed E-state index contributed by atoms with van der Waals surface area (Å²) in [6, 6.07) is 20.5. The van der Waals surface area contributed by atoms with Crippen molar-refractivity contribution in [2.45, 2.75) is 12.2 Å². The highest BCUT2D eigenvalue weighted by Gasteiger charge is 2.58. The number of benzene rings is 3. The van der Waals surface area contributed by atoms with Crippen LogP contribution in [0.15, 0.2) is 66.7 Å². The van der Waals surface area contributed by atoms with E-state index in [9.17, 15) is 9.59 Å². The highest BCUT2D eigenvalue weighted by molar-refractivity contribution is 6.15. The quantitative estimate of drug-likeness (QED) is 0.698. The van der Waals surface area contributed by atoms with Crippen molar-refractivity contribution in [1.82, 2.24) is 4.90 Å². The minimum absolute atomic E-state index is 0.178. The van der Waals surface area contributed by atoms with E-state index in [1.165, 1.54) is 0 Å². The number of nitrogens with zero attached hydrogens (tertiary/aromatic N) is 2. The lowest BCUT2D eigenvalue weighted by atomic mass is 9.92. The van der Waals surface area contributed by atoms with Crippen LogP contribution in [-0.2, 0) is 17.0 Å². The molecule has 3 aliphatic rings. The van der Waals surface area contributed by atoms with Crippen molar-refractivity contribution in [2.75, 3.05) is 24.1 Å². The Bertz CT molecular complexity index is 1260. The van der Waals surface area contributed by atoms with Gasteiger partial charge in [-0.15, -0.1) is 0 Å². The molecule has 31 heavy (non-hydrogen) atoms. The molecule has 0 radical (unpaired) electrons. The van der Waals surface area contributed by atoms with E-state index >= 15 is 0 Å². The van der Waals surface area contributed by atoms with Gasteiger partial charge in [-0.1, -0.05) is 36.4 Å². The molecule has 0 fully saturated rings. The Morgan fingerprint density at radius 2 is 1.74 bits per heavy atom. The lowest BCUT2D eigenvalue weighted by Crippen LogP contribution is -2.61. The molecule has 7 nitrogen and oxygen atoms in total. The summed E-state index contributed by atoms with van der Waals surface area (Å²) < 4.78 is 10.9. The number of para-hydroxylation sites is 2. The van der Waals surface area contributed by atoms with Gasteiger partial charge in [-0.3, -0.25) is 14.5 Å². The molecule has 0 aromatic heterocycles. The van der Waals surface area contributed by atoms with Gasteiger partial charge in [0, 0.05) is 24.8 Å². The second-order valence-electron chi connectivity index (χ2n) is 7.84. The second kappa shape index (κ2) is 6.25. The molecule has 3 aliphatic heterocycles. The average Bonchev–Trinajstić information content (AvgIpc) is 3.35. The topological polar surface area (TPSA) is 71.1 Å². The molecule has 154 valence electrons. The molecule has 3 aromatic rings. The molecule has 3 aromatic carbocycles. The maximum Gasteiger partial charge on any atom is 0.278 e. The number of likely N-dealkylation sites (N-methyl/N-ethyl adjacent to an activating group) is 1. The first-order valence-electron chi connectivity index (χ1n) is 10.0. The predicted octanol–water partition coefficient (Wildman–Crippen LogP) is 3.31. The number of carbonyl (C=O) groups excluding carboxylic acids is 2. The van der Waals surface area contributed by atoms with Crippen LogP contribution in [0.1, 0.15) is 21.5 Å². The summed E-state index contributed by atoms with van der Waals surface area (Å²) in [5.41, 5.74) is 2.24. The number of amides is 2. The lowest BCUT2D eigenvalue weighted by molar-refractivity contribution is -0.127. The van der Waals surface area contributed by atoms with E-state index in [-0.39, 0.29) is 25.2 Å². The van der Waals surface area contributed by atoms with Gasteiger partial charge in [-0.25, -0.2) is 0 Å². The first-order valence-corrected chi connectivity index (χ1v) is 10.0. The number of carbonyl (C=O) groups is 2. The molecular weight excluding hydrogens is 394 g/mol. The van der Waals surface area contributed by atoms with E-state index in [1.54, 1.807) is 22.9 Å². The van der Waals surface area contributed by atoms with Crippen LogP contribution in [0.5, 0.6) is 11.5 Å². The largest absolute Gasteiger partial charge is 0.454 e. The Kier molecular flexibility index (Phi) is 3.59. The van der Waals surface area contributed by atoms with Crippen molar-refractivity contribution >= 4 is 23.2 Å². The monoisotopic (exact) mass is 413 g/mol. The summed E-state index contributed by atoms with van der Waals surface area (Å²) in [4.78, 5) is 30.7. The maximum atomic E-state index is 13.7. The number of rotatable bonds is 2. The van der Waals surface area contributed by atoms with Crippen LogP contribution in [0, 0.1) is 0 Å². The highest BCUT2D eigenvalue weighted by Crippen LogP contribution is 2.48. The van der Waals surface area contributed by atoms with Crippen LogP contribution in [-0.4, -0.2) is 30.6 Å². The molecule has 1 N–H and O–H groups in total. The Morgan fingerprint density at radius 3 is 2.65 bits per heavy atom. The summed E-state index contributed by atoms with van der Waals surface area (Å²) in [6.07, 6.45) is 0. The number of hydrogen-bond acceptors (Lipinski definition) is 5. The SMILES string of the molecule is CN1C(=O)[C@]2(Nc3ccccc3C(=O)N2Cc2ccc3c(c2)OCO3)c2ccccc21. The normalized spacial score (nSPS) is 20.7. The van der Waals surface area contributed by atoms with Crippen LogP contribution in [0.25, 0.3) is 0 Å². The fourth-order valence-electron chi connectivity index (χ4n) is 4.67. The van der Waals surface area contributed by atoms with E-state index < -0.39 is 5.66 Å². The molecule has 0 saturated heterocycles. The van der Waals surface area contributed by atoms with Gasteiger partial charge in [0.15, 0.2) is 11.5 Å². The van der Waals surface area contributed by atoms with Crippen molar-refractivity contribution in [1.29, 1.82) is 0 Å². The Hall–Kier alpha value is -4.00. The summed E-state index contributed by atoms with van der Waals surface area (Å²) in [5.74, 6) is 0.913. The standard InChI is InChI=1S/C24H19N3O4/c1-26-19-9-5-3-7-17(19)24(23(26)29)25-18-8-4-2-6-16(18)22(28)27(24)13-15-10-11-20-21(12-15)31-14-30-20/h2-12,25H,13-14H2,1H3/t24-/m0/s1. The summed E-state index contributed by atoms with van der Waals surface area (Å²) in [5, 5.41) is 3.42. The Balaban J connectivity index is 1.53. The third-order valence-electron chi connectivity index (χ3n) is 6.17. The Labute approximate surface area is 178 Å². The third kappa shape index (κ3) is 2.34. The van der Waals surface area contributed by atoms with E-state index in [0.29, 0.717) is 22.7 Å². The zero-order valence-corrected chi connectivity index (χ0v) is 16.8. The van der Waals surface area contributed by atoms with Crippen LogP contribution >= 0.6 is 0 Å². The fourth-order valence-corrected chi connectivity index (χ4v) is 4.67. The van der Waals surface area contributed by atoms with Crippen molar-refractivity contribution in [3.05, 3.63) is 83.4 Å². The van der Waals surface area contributed by atoms with Gasteiger partial charge in [-0.05, 0) is 35.9 Å². The van der Waals surface area contributed by atoms with E-state index in [0.717, 1.165) is 16.8 Å². The number of nitrogens with one attached hydrogen (secondary N) is 1. The van der Waals surface area contributed by atoms with Gasteiger partial charge < -0.3 is 19.7 Å². The van der Waals surface area contributed by atoms with E-state index in [4.69, 9.17) is 9.47 Å². The summed E-state index contributed by atoms with van der Waals surface area (Å²) in [6.45, 7) is 0.404. The zero-order chi connectivity index (χ0) is 21.2. The number of fused-ring (bicyclic) bond motifs is 4. The fraction of sp³-hybridized carbons (Fsp3) is 0.167. The Morgan fingerprint density at radius 1 is 0.968 bits per heavy atom. The average molecular weight is 413 g/mol. The van der Waals surface area contributed by atoms with Crippen molar-refractivity contribution in [3.63, 3.8) is 0 Å². The first kappa shape index (κ1) is 17.8. The van der Waals surface area contributed by atoms with E-state index in [1.807, 2.05) is 60.7 Å². The number of ether oxygens (including phenoxy) is 2. The van der Waals surface area contributed by atoms with Crippen LogP contribution in [0.4, 0.5) is 11.4 Å². The first-order chi connectivity index (χ1) is 15.1. The molecule has 0 unspecified atom stereocenters. The smallest absolute Gasteiger partial charge is 0.278 e. The van der Waals surface area contributed by atoms with Crippen LogP contribution in [0.2, 0.25) is 0 Å². The molecule has 3 heterocycles. The van der Waals surface area contributed by atoms with Gasteiger partial charge in [0.1, 0.15) is 0 Å². The molecule has 0 aliphatic carbocycles. The van der Waals surface area contributed by atoms with Gasteiger partial charge >= 0.3 is 0 Å². The summed E-state index contributed by atoms with van der Waals surface area (Å²) in [7, 11) is 1.74. The van der Waals surface area contributed by atoms with Crippen LogP contribution < -0.4 is 19.7 Å². The van der Waals surface area contributed by atoms with Crippen molar-refractivity contribution in [2.24, 2.45) is 0 Å². The minimum Gasteiger partial charge on any atom is -0.454 e. The van der Waals surface area contributed by atoms with Gasteiger partial charge in [-0.2, -0.15) is 0 Å². The third-order valence-corrected chi connectivity index (χ3v) is 6.17. The number of anilines is 2. The van der Waals surface area contributed by atoms with Gasteiger partial charge in [0.25, 0.3) is 11.8 Å². The van der Waals surface area contributed by atoms with Crippen molar-refractivity contribution in [3.8, 4) is 11.5 Å². The van der Waals surface area contributed by atoms with Gasteiger partial charge in [0.05, 0.1) is 11.3 Å². The van der Waals surface area contributed by atoms with Crippen LogP contribution in [0.3, 0.4) is 0 Å². The van der Waals surface area contributed by atoms with E-state index in [2.05, 4.69) is 5.32 Å². The maximum absolute atomic E-state index is 13.7. The molecule has 0 bridgehead atoms. The minimum atomic E-state index is -1.33. The second-order valence-corrected chi connectivity index (χ2v) is 7.84. The molecule has 1 spiro atoms. The predicted molar refractivity (Wildman–Crippen MR) is 114 cm³/mol. The zero-order valence-electron chi connectivity index (χ0n) is 16.8.